The summed E-state index contributed by atoms with van der Waals surface area (Å²) in [7, 11) is 0. The van der Waals surface area contributed by atoms with Crippen LogP contribution in [-0.4, -0.2) is 44.5 Å². The molecule has 28 heavy (non-hydrogen) atoms. The number of hydrogen-bond acceptors (Lipinski definition) is 5. The van der Waals surface area contributed by atoms with Crippen molar-refractivity contribution in [3.63, 3.8) is 0 Å². The van der Waals surface area contributed by atoms with Crippen LogP contribution in [0.1, 0.15) is 48.7 Å². The first kappa shape index (κ1) is 20.1. The molecule has 1 aromatic carbocycles. The van der Waals surface area contributed by atoms with Crippen molar-refractivity contribution in [2.45, 2.75) is 53.1 Å². The molecule has 0 aliphatic carbocycles. The van der Waals surface area contributed by atoms with Crippen molar-refractivity contribution < 1.29 is 9.90 Å². The van der Waals surface area contributed by atoms with E-state index in [4.69, 9.17) is 0 Å². The van der Waals surface area contributed by atoms with Gasteiger partial charge < -0.3 is 5.11 Å². The number of carbonyl (C=O) groups is 1. The third-order valence-electron chi connectivity index (χ3n) is 5.08. The fourth-order valence-electron chi connectivity index (χ4n) is 3.51. The zero-order valence-electron chi connectivity index (χ0n) is 16.9. The van der Waals surface area contributed by atoms with Crippen LogP contribution < -0.4 is 5.43 Å². The predicted molar refractivity (Wildman–Crippen MR) is 109 cm³/mol. The van der Waals surface area contributed by atoms with E-state index >= 15 is 0 Å². The third kappa shape index (κ3) is 5.19. The minimum Gasteiger partial charge on any atom is -0.508 e. The topological polar surface area (TPSA) is 82.8 Å². The zero-order valence-corrected chi connectivity index (χ0v) is 16.9. The molecular formula is C21H29N5O2. The van der Waals surface area contributed by atoms with Crippen LogP contribution >= 0.6 is 0 Å². The fourth-order valence-corrected chi connectivity index (χ4v) is 3.51. The standard InChI is InChI=1S/C21H29N5O2/c1-15-11-16(2)26(24-15)14-21(28)23-22-17(3)18-7-8-20(27)19(12-18)13-25-9-5-4-6-10-25/h7-8,11-12,27H,4-6,9-10,13-14H2,1-3H3,(H,23,28)/b22-17+. The number of phenolic OH excluding ortho intramolecular Hbond substituents is 1. The molecule has 0 atom stereocenters. The second-order valence-corrected chi connectivity index (χ2v) is 7.50. The van der Waals surface area contributed by atoms with Crippen LogP contribution in [0.15, 0.2) is 29.4 Å². The Kier molecular flexibility index (Phi) is 6.46. The summed E-state index contributed by atoms with van der Waals surface area (Å²) in [6, 6.07) is 7.41. The number of hydrazone groups is 1. The van der Waals surface area contributed by atoms with E-state index in [1.807, 2.05) is 39.0 Å². The first-order valence-electron chi connectivity index (χ1n) is 9.81. The Balaban J connectivity index is 1.64. The molecular weight excluding hydrogens is 354 g/mol. The first-order valence-corrected chi connectivity index (χ1v) is 9.81. The van der Waals surface area contributed by atoms with Crippen LogP contribution in [0.3, 0.4) is 0 Å². The zero-order chi connectivity index (χ0) is 20.1. The van der Waals surface area contributed by atoms with Gasteiger partial charge in [-0.25, -0.2) is 5.43 Å². The maximum Gasteiger partial charge on any atom is 0.261 e. The van der Waals surface area contributed by atoms with Crippen molar-refractivity contribution in [2.24, 2.45) is 5.10 Å². The molecule has 150 valence electrons. The Hall–Kier alpha value is -2.67. The van der Waals surface area contributed by atoms with Gasteiger partial charge in [0, 0.05) is 17.8 Å². The first-order chi connectivity index (χ1) is 13.4. The largest absolute Gasteiger partial charge is 0.508 e. The summed E-state index contributed by atoms with van der Waals surface area (Å²) in [5.41, 5.74) is 6.89. The maximum atomic E-state index is 12.2. The highest BCUT2D eigenvalue weighted by Crippen LogP contribution is 2.22. The molecule has 2 heterocycles. The number of rotatable bonds is 6. The van der Waals surface area contributed by atoms with Gasteiger partial charge in [-0.15, -0.1) is 0 Å². The molecule has 3 rings (SSSR count). The number of aromatic nitrogens is 2. The highest BCUT2D eigenvalue weighted by Gasteiger charge is 2.14. The summed E-state index contributed by atoms with van der Waals surface area (Å²) in [5, 5.41) is 18.7. The number of aryl methyl sites for hydroxylation is 2. The highest BCUT2D eigenvalue weighted by atomic mass is 16.3. The van der Waals surface area contributed by atoms with Gasteiger partial charge in [-0.3, -0.25) is 14.4 Å². The maximum absolute atomic E-state index is 12.2. The number of hydrogen-bond donors (Lipinski definition) is 2. The van der Waals surface area contributed by atoms with Crippen molar-refractivity contribution >= 4 is 11.6 Å². The summed E-state index contributed by atoms with van der Waals surface area (Å²) < 4.78 is 1.66. The second-order valence-electron chi connectivity index (χ2n) is 7.50. The smallest absolute Gasteiger partial charge is 0.261 e. The number of amides is 1. The van der Waals surface area contributed by atoms with Crippen molar-refractivity contribution in [1.29, 1.82) is 0 Å². The molecule has 0 spiro atoms. The van der Waals surface area contributed by atoms with Gasteiger partial charge in [0.15, 0.2) is 0 Å². The molecule has 0 unspecified atom stereocenters. The Morgan fingerprint density at radius 3 is 2.64 bits per heavy atom. The summed E-state index contributed by atoms with van der Waals surface area (Å²) in [5.74, 6) is 0.0774. The SMILES string of the molecule is C/C(=N\NC(=O)Cn1nc(C)cc1C)c1ccc(O)c(CN2CCCCC2)c1. The van der Waals surface area contributed by atoms with Crippen molar-refractivity contribution in [3.05, 3.63) is 46.8 Å². The summed E-state index contributed by atoms with van der Waals surface area (Å²) in [6.07, 6.45) is 3.70. The highest BCUT2D eigenvalue weighted by molar-refractivity contribution is 5.99. The number of benzene rings is 1. The number of phenols is 1. The molecule has 0 saturated carbocycles. The van der Waals surface area contributed by atoms with Gasteiger partial charge in [0.1, 0.15) is 12.3 Å². The summed E-state index contributed by atoms with van der Waals surface area (Å²) in [4.78, 5) is 14.5. The van der Waals surface area contributed by atoms with E-state index in [0.717, 1.165) is 42.1 Å². The fraction of sp³-hybridized carbons (Fsp3) is 0.476. The predicted octanol–water partition coefficient (Wildman–Crippen LogP) is 2.73. The van der Waals surface area contributed by atoms with Crippen molar-refractivity contribution in [3.8, 4) is 5.75 Å². The average molecular weight is 383 g/mol. The van der Waals surface area contributed by atoms with E-state index in [9.17, 15) is 9.90 Å². The van der Waals surface area contributed by atoms with Gasteiger partial charge >= 0.3 is 0 Å². The summed E-state index contributed by atoms with van der Waals surface area (Å²) in [6.45, 7) is 8.67. The molecule has 1 saturated heterocycles. The number of carbonyl (C=O) groups excluding carboxylic acids is 1. The molecule has 1 aliphatic rings. The molecule has 1 aromatic heterocycles. The van der Waals surface area contributed by atoms with Crippen LogP contribution in [0, 0.1) is 13.8 Å². The number of piperidine rings is 1. The van der Waals surface area contributed by atoms with Gasteiger partial charge in [-0.05, 0) is 76.5 Å². The molecule has 0 radical (unpaired) electrons. The minimum absolute atomic E-state index is 0.131. The average Bonchev–Trinajstić information content (AvgIpc) is 2.99. The Morgan fingerprint density at radius 2 is 1.96 bits per heavy atom. The number of nitrogens with one attached hydrogen (secondary N) is 1. The van der Waals surface area contributed by atoms with Crippen LogP contribution in [0.4, 0.5) is 0 Å². The van der Waals surface area contributed by atoms with Gasteiger partial charge in [-0.1, -0.05) is 6.42 Å². The van der Waals surface area contributed by atoms with E-state index in [2.05, 4.69) is 20.5 Å². The normalized spacial score (nSPS) is 15.6. The lowest BCUT2D eigenvalue weighted by Crippen LogP contribution is -2.29. The second kappa shape index (κ2) is 9.01. The number of aromatic hydroxyl groups is 1. The molecule has 7 heteroatoms. The molecule has 0 bridgehead atoms. The Morgan fingerprint density at radius 1 is 1.21 bits per heavy atom. The van der Waals surface area contributed by atoms with Crippen molar-refractivity contribution in [2.75, 3.05) is 13.1 Å². The van der Waals surface area contributed by atoms with Gasteiger partial charge in [-0.2, -0.15) is 10.2 Å². The van der Waals surface area contributed by atoms with Crippen LogP contribution in [0.2, 0.25) is 0 Å². The Bertz CT molecular complexity index is 866. The van der Waals surface area contributed by atoms with Crippen LogP contribution in [-0.2, 0) is 17.9 Å². The van der Waals surface area contributed by atoms with E-state index < -0.39 is 0 Å². The van der Waals surface area contributed by atoms with Crippen molar-refractivity contribution in [1.82, 2.24) is 20.1 Å². The van der Waals surface area contributed by atoms with E-state index in [1.54, 1.807) is 10.7 Å². The molecule has 2 aromatic rings. The lowest BCUT2D eigenvalue weighted by molar-refractivity contribution is -0.121. The van der Waals surface area contributed by atoms with Gasteiger partial charge in [0.25, 0.3) is 5.91 Å². The number of likely N-dealkylation sites (tertiary alicyclic amines) is 1. The lowest BCUT2D eigenvalue weighted by Gasteiger charge is -2.26. The minimum atomic E-state index is -0.224. The van der Waals surface area contributed by atoms with Crippen LogP contribution in [0.25, 0.3) is 0 Å². The molecule has 2 N–H and O–H groups in total. The van der Waals surface area contributed by atoms with E-state index in [0.29, 0.717) is 11.5 Å². The Labute approximate surface area is 166 Å². The summed E-state index contributed by atoms with van der Waals surface area (Å²) >= 11 is 0. The van der Waals surface area contributed by atoms with E-state index in [-0.39, 0.29) is 12.5 Å². The third-order valence-corrected chi connectivity index (χ3v) is 5.08. The monoisotopic (exact) mass is 383 g/mol. The molecule has 7 nitrogen and oxygen atoms in total. The lowest BCUT2D eigenvalue weighted by atomic mass is 10.0. The van der Waals surface area contributed by atoms with Gasteiger partial charge in [0.05, 0.1) is 11.4 Å². The van der Waals surface area contributed by atoms with Crippen LogP contribution in [0.5, 0.6) is 5.75 Å². The van der Waals surface area contributed by atoms with E-state index in [1.165, 1.54) is 19.3 Å². The molecule has 1 amide bonds. The van der Waals surface area contributed by atoms with Gasteiger partial charge in [0.2, 0.25) is 0 Å². The molecule has 1 aliphatic heterocycles. The molecule has 1 fully saturated rings. The quantitative estimate of drug-likeness (QED) is 0.594. The number of nitrogens with zero attached hydrogens (tertiary/aromatic N) is 4.